The molecule has 0 aromatic heterocycles. The van der Waals surface area contributed by atoms with Crippen molar-refractivity contribution < 1.29 is 19.0 Å². The second-order valence-corrected chi connectivity index (χ2v) is 8.73. The standard InChI is InChI=1S/C30H36N2O4/c1-6-27(23-10-8-7-9-11-23)29(28-17-16-26(20-22(28)2)36-21-34-5)30(33)31-24-12-14-25(15-13-24)35-19-18-32(3)4/h7-17,20H,6,18-19,21H2,1-5H3,(H,31,33). The third-order valence-electron chi connectivity index (χ3n) is 5.73. The molecular weight excluding hydrogens is 452 g/mol. The smallest absolute Gasteiger partial charge is 0.256 e. The van der Waals surface area contributed by atoms with Gasteiger partial charge in [0.2, 0.25) is 0 Å². The van der Waals surface area contributed by atoms with Crippen molar-refractivity contribution in [2.45, 2.75) is 20.3 Å². The molecule has 0 aliphatic carbocycles. The van der Waals surface area contributed by atoms with E-state index < -0.39 is 0 Å². The van der Waals surface area contributed by atoms with Crippen molar-refractivity contribution in [1.82, 2.24) is 4.90 Å². The molecule has 0 heterocycles. The lowest BCUT2D eigenvalue weighted by Gasteiger charge is -2.18. The van der Waals surface area contributed by atoms with Gasteiger partial charge in [0, 0.05) is 19.3 Å². The Morgan fingerprint density at radius 3 is 2.22 bits per heavy atom. The first-order valence-corrected chi connectivity index (χ1v) is 12.1. The van der Waals surface area contributed by atoms with Gasteiger partial charge in [-0.25, -0.2) is 0 Å². The number of benzene rings is 3. The average Bonchev–Trinajstić information content (AvgIpc) is 2.88. The highest BCUT2D eigenvalue weighted by Crippen LogP contribution is 2.33. The van der Waals surface area contributed by atoms with Gasteiger partial charge in [-0.05, 0) is 86.1 Å². The summed E-state index contributed by atoms with van der Waals surface area (Å²) in [4.78, 5) is 15.8. The van der Waals surface area contributed by atoms with Crippen LogP contribution < -0.4 is 14.8 Å². The van der Waals surface area contributed by atoms with Crippen molar-refractivity contribution in [3.63, 3.8) is 0 Å². The van der Waals surface area contributed by atoms with Gasteiger partial charge in [-0.3, -0.25) is 4.79 Å². The number of carbonyl (C=O) groups is 1. The second-order valence-electron chi connectivity index (χ2n) is 8.73. The summed E-state index contributed by atoms with van der Waals surface area (Å²) >= 11 is 0. The van der Waals surface area contributed by atoms with Crippen LogP contribution in [0.1, 0.15) is 30.0 Å². The Hall–Kier alpha value is -3.61. The Bertz CT molecular complexity index is 1160. The van der Waals surface area contributed by atoms with E-state index in [0.717, 1.165) is 34.6 Å². The van der Waals surface area contributed by atoms with Crippen LogP contribution in [0, 0.1) is 6.92 Å². The Balaban J connectivity index is 1.93. The van der Waals surface area contributed by atoms with Crippen molar-refractivity contribution in [1.29, 1.82) is 0 Å². The first kappa shape index (κ1) is 27.0. The van der Waals surface area contributed by atoms with Gasteiger partial charge in [0.1, 0.15) is 18.1 Å². The highest BCUT2D eigenvalue weighted by molar-refractivity contribution is 6.31. The predicted octanol–water partition coefficient (Wildman–Crippen LogP) is 5.88. The van der Waals surface area contributed by atoms with E-state index in [1.54, 1.807) is 7.11 Å². The number of ether oxygens (including phenoxy) is 3. The van der Waals surface area contributed by atoms with Crippen molar-refractivity contribution in [2.75, 3.05) is 46.5 Å². The van der Waals surface area contributed by atoms with Crippen LogP contribution in [0.2, 0.25) is 0 Å². The van der Waals surface area contributed by atoms with Crippen molar-refractivity contribution in [3.05, 3.63) is 89.5 Å². The van der Waals surface area contributed by atoms with Crippen LogP contribution in [0.5, 0.6) is 11.5 Å². The Kier molecular flexibility index (Phi) is 10.1. The lowest BCUT2D eigenvalue weighted by Crippen LogP contribution is -2.19. The maximum atomic E-state index is 13.8. The third kappa shape index (κ3) is 7.44. The number of nitrogens with zero attached hydrogens (tertiary/aromatic N) is 1. The molecule has 36 heavy (non-hydrogen) atoms. The number of aryl methyl sites for hydroxylation is 1. The Morgan fingerprint density at radius 1 is 0.917 bits per heavy atom. The van der Waals surface area contributed by atoms with Crippen LogP contribution in [0.4, 0.5) is 5.69 Å². The van der Waals surface area contributed by atoms with Gasteiger partial charge in [0.05, 0.1) is 5.57 Å². The predicted molar refractivity (Wildman–Crippen MR) is 146 cm³/mol. The summed E-state index contributed by atoms with van der Waals surface area (Å²) < 4.78 is 16.4. The van der Waals surface area contributed by atoms with Crippen molar-refractivity contribution in [3.8, 4) is 11.5 Å². The van der Waals surface area contributed by atoms with Crippen LogP contribution >= 0.6 is 0 Å². The Morgan fingerprint density at radius 2 is 1.61 bits per heavy atom. The first-order valence-electron chi connectivity index (χ1n) is 12.1. The van der Waals surface area contributed by atoms with Crippen molar-refractivity contribution >= 4 is 22.7 Å². The van der Waals surface area contributed by atoms with E-state index in [9.17, 15) is 4.79 Å². The topological polar surface area (TPSA) is 60.0 Å². The summed E-state index contributed by atoms with van der Waals surface area (Å²) in [5.41, 5.74) is 5.16. The van der Waals surface area contributed by atoms with Gasteiger partial charge in [-0.15, -0.1) is 0 Å². The zero-order chi connectivity index (χ0) is 25.9. The van der Waals surface area contributed by atoms with Crippen LogP contribution in [0.3, 0.4) is 0 Å². The zero-order valence-corrected chi connectivity index (χ0v) is 21.8. The summed E-state index contributed by atoms with van der Waals surface area (Å²) in [6.07, 6.45) is 0.701. The monoisotopic (exact) mass is 488 g/mol. The van der Waals surface area contributed by atoms with E-state index in [4.69, 9.17) is 14.2 Å². The third-order valence-corrected chi connectivity index (χ3v) is 5.73. The fraction of sp³-hybridized carbons (Fsp3) is 0.300. The van der Waals surface area contributed by atoms with Crippen LogP contribution in [-0.2, 0) is 9.53 Å². The average molecular weight is 489 g/mol. The number of methoxy groups -OCH3 is 1. The molecule has 0 saturated heterocycles. The first-order chi connectivity index (χ1) is 17.4. The molecule has 190 valence electrons. The van der Waals surface area contributed by atoms with E-state index in [-0.39, 0.29) is 12.7 Å². The summed E-state index contributed by atoms with van der Waals surface area (Å²) in [5, 5.41) is 3.09. The molecule has 3 aromatic rings. The number of nitrogens with one attached hydrogen (secondary N) is 1. The molecule has 0 fully saturated rings. The van der Waals surface area contributed by atoms with Gasteiger partial charge >= 0.3 is 0 Å². The molecule has 3 aromatic carbocycles. The molecule has 0 spiro atoms. The number of allylic oxidation sites excluding steroid dienone is 1. The van der Waals surface area contributed by atoms with E-state index in [2.05, 4.69) is 17.1 Å². The minimum absolute atomic E-state index is 0.161. The largest absolute Gasteiger partial charge is 0.492 e. The van der Waals surface area contributed by atoms with Gasteiger partial charge in [0.15, 0.2) is 6.79 Å². The lowest BCUT2D eigenvalue weighted by atomic mass is 9.90. The molecule has 0 radical (unpaired) electrons. The number of hydrogen-bond acceptors (Lipinski definition) is 5. The molecule has 3 rings (SSSR count). The molecule has 0 unspecified atom stereocenters. The molecule has 0 atom stereocenters. The van der Waals surface area contributed by atoms with Crippen molar-refractivity contribution in [2.24, 2.45) is 0 Å². The maximum absolute atomic E-state index is 13.8. The Labute approximate surface area is 214 Å². The summed E-state index contributed by atoms with van der Waals surface area (Å²) in [5.74, 6) is 1.30. The number of rotatable bonds is 12. The molecule has 1 N–H and O–H groups in total. The second kappa shape index (κ2) is 13.5. The quantitative estimate of drug-likeness (QED) is 0.196. The number of carbonyl (C=O) groups excluding carboxylic acids is 1. The minimum atomic E-state index is -0.161. The van der Waals surface area contributed by atoms with E-state index in [0.29, 0.717) is 30.0 Å². The molecule has 6 nitrogen and oxygen atoms in total. The molecule has 0 bridgehead atoms. The lowest BCUT2D eigenvalue weighted by molar-refractivity contribution is -0.111. The molecule has 1 amide bonds. The zero-order valence-electron chi connectivity index (χ0n) is 21.8. The van der Waals surface area contributed by atoms with Gasteiger partial charge < -0.3 is 24.4 Å². The molecule has 0 aliphatic heterocycles. The van der Waals surface area contributed by atoms with Crippen LogP contribution in [-0.4, -0.2) is 52.0 Å². The van der Waals surface area contributed by atoms with Gasteiger partial charge in [-0.2, -0.15) is 0 Å². The molecular formula is C30H36N2O4. The minimum Gasteiger partial charge on any atom is -0.492 e. The molecule has 6 heteroatoms. The summed E-state index contributed by atoms with van der Waals surface area (Å²) in [7, 11) is 5.60. The highest BCUT2D eigenvalue weighted by Gasteiger charge is 2.20. The normalized spacial score (nSPS) is 11.7. The maximum Gasteiger partial charge on any atom is 0.256 e. The molecule has 0 saturated carbocycles. The van der Waals surface area contributed by atoms with E-state index in [1.165, 1.54) is 0 Å². The van der Waals surface area contributed by atoms with Gasteiger partial charge in [0.25, 0.3) is 5.91 Å². The van der Waals surface area contributed by atoms with E-state index >= 15 is 0 Å². The fourth-order valence-electron chi connectivity index (χ4n) is 3.89. The summed E-state index contributed by atoms with van der Waals surface area (Å²) in [6, 6.07) is 23.3. The SMILES string of the molecule is CCC(=C(C(=O)Nc1ccc(OCCN(C)C)cc1)c1ccc(OCOC)cc1C)c1ccccc1. The van der Waals surface area contributed by atoms with E-state index in [1.807, 2.05) is 93.8 Å². The fourth-order valence-corrected chi connectivity index (χ4v) is 3.89. The van der Waals surface area contributed by atoms with Crippen LogP contribution in [0.25, 0.3) is 11.1 Å². The van der Waals surface area contributed by atoms with Gasteiger partial charge in [-0.1, -0.05) is 43.3 Å². The highest BCUT2D eigenvalue weighted by atomic mass is 16.7. The molecule has 0 aliphatic rings. The number of anilines is 1. The number of amides is 1. The summed E-state index contributed by atoms with van der Waals surface area (Å²) in [6.45, 7) is 5.66. The van der Waals surface area contributed by atoms with Crippen LogP contribution in [0.15, 0.2) is 72.8 Å². The number of likely N-dealkylation sites (N-methyl/N-ethyl adjacent to an activating group) is 1. The number of hydrogen-bond donors (Lipinski definition) is 1.